The summed E-state index contributed by atoms with van der Waals surface area (Å²) >= 11 is 6.15. The van der Waals surface area contributed by atoms with Crippen molar-refractivity contribution in [1.82, 2.24) is 10.2 Å². The number of nitrogens with one attached hydrogen (secondary N) is 1. The van der Waals surface area contributed by atoms with Crippen LogP contribution in [-0.2, 0) is 14.3 Å². The molecule has 1 atom stereocenters. The van der Waals surface area contributed by atoms with E-state index >= 15 is 0 Å². The SMILES string of the molecule is COCCN(CCOC)CC(=O)NC(C)c1ccccc1Cl. The maximum Gasteiger partial charge on any atom is 0.234 e. The summed E-state index contributed by atoms with van der Waals surface area (Å²) in [4.78, 5) is 14.2. The third-order valence-electron chi connectivity index (χ3n) is 3.34. The Balaban J connectivity index is 2.53. The smallest absolute Gasteiger partial charge is 0.234 e. The van der Waals surface area contributed by atoms with E-state index in [1.165, 1.54) is 0 Å². The topological polar surface area (TPSA) is 50.8 Å². The first-order valence-corrected chi connectivity index (χ1v) is 7.70. The zero-order valence-electron chi connectivity index (χ0n) is 13.5. The van der Waals surface area contributed by atoms with Gasteiger partial charge in [0.2, 0.25) is 5.91 Å². The Morgan fingerprint density at radius 3 is 2.36 bits per heavy atom. The molecule has 0 saturated heterocycles. The van der Waals surface area contributed by atoms with Crippen LogP contribution in [0.15, 0.2) is 24.3 Å². The van der Waals surface area contributed by atoms with E-state index in [0.29, 0.717) is 37.9 Å². The van der Waals surface area contributed by atoms with E-state index in [1.807, 2.05) is 36.1 Å². The largest absolute Gasteiger partial charge is 0.383 e. The molecule has 0 bridgehead atoms. The number of carbonyl (C=O) groups excluding carboxylic acids is 1. The number of hydrogen-bond donors (Lipinski definition) is 1. The van der Waals surface area contributed by atoms with Crippen molar-refractivity contribution in [2.24, 2.45) is 0 Å². The first-order valence-electron chi connectivity index (χ1n) is 7.32. The van der Waals surface area contributed by atoms with Crippen LogP contribution in [0.1, 0.15) is 18.5 Å². The molecule has 0 saturated carbocycles. The summed E-state index contributed by atoms with van der Waals surface area (Å²) in [5.74, 6) is -0.0420. The Morgan fingerprint density at radius 2 is 1.82 bits per heavy atom. The van der Waals surface area contributed by atoms with Crippen molar-refractivity contribution in [3.8, 4) is 0 Å². The van der Waals surface area contributed by atoms with E-state index in [-0.39, 0.29) is 11.9 Å². The fraction of sp³-hybridized carbons (Fsp3) is 0.562. The second-order valence-corrected chi connectivity index (χ2v) is 5.48. The lowest BCUT2D eigenvalue weighted by Gasteiger charge is -2.22. The predicted octanol–water partition coefficient (Wildman–Crippen LogP) is 2.11. The van der Waals surface area contributed by atoms with Gasteiger partial charge in [-0.1, -0.05) is 29.8 Å². The molecule has 1 unspecified atom stereocenters. The minimum atomic E-state index is -0.132. The summed E-state index contributed by atoms with van der Waals surface area (Å²) in [7, 11) is 3.29. The number of halogens is 1. The minimum absolute atomic E-state index is 0.0420. The second kappa shape index (κ2) is 10.6. The lowest BCUT2D eigenvalue weighted by atomic mass is 10.1. The summed E-state index contributed by atoms with van der Waals surface area (Å²) < 4.78 is 10.1. The highest BCUT2D eigenvalue weighted by molar-refractivity contribution is 6.31. The number of nitrogens with zero attached hydrogens (tertiary/aromatic N) is 1. The monoisotopic (exact) mass is 328 g/mol. The Labute approximate surface area is 137 Å². The number of amides is 1. The fourth-order valence-electron chi connectivity index (χ4n) is 2.10. The highest BCUT2D eigenvalue weighted by atomic mass is 35.5. The van der Waals surface area contributed by atoms with E-state index < -0.39 is 0 Å². The van der Waals surface area contributed by atoms with Gasteiger partial charge in [-0.2, -0.15) is 0 Å². The number of hydrogen-bond acceptors (Lipinski definition) is 4. The van der Waals surface area contributed by atoms with Crippen molar-refractivity contribution in [2.75, 3.05) is 47.1 Å². The minimum Gasteiger partial charge on any atom is -0.383 e. The van der Waals surface area contributed by atoms with Crippen LogP contribution in [0.3, 0.4) is 0 Å². The first-order chi connectivity index (χ1) is 10.6. The second-order valence-electron chi connectivity index (χ2n) is 5.07. The Morgan fingerprint density at radius 1 is 1.23 bits per heavy atom. The summed E-state index contributed by atoms with van der Waals surface area (Å²) in [6.07, 6.45) is 0. The molecule has 1 aromatic rings. The van der Waals surface area contributed by atoms with Crippen LogP contribution in [0.5, 0.6) is 0 Å². The van der Waals surface area contributed by atoms with Gasteiger partial charge in [0, 0.05) is 32.3 Å². The molecule has 0 aromatic heterocycles. The van der Waals surface area contributed by atoms with Crippen LogP contribution in [0.25, 0.3) is 0 Å². The zero-order valence-corrected chi connectivity index (χ0v) is 14.2. The lowest BCUT2D eigenvalue weighted by Crippen LogP contribution is -2.41. The molecule has 1 N–H and O–H groups in total. The van der Waals surface area contributed by atoms with Crippen molar-refractivity contribution in [3.63, 3.8) is 0 Å². The highest BCUT2D eigenvalue weighted by Crippen LogP contribution is 2.21. The molecular formula is C16H25ClN2O3. The first kappa shape index (κ1) is 18.9. The van der Waals surface area contributed by atoms with Gasteiger partial charge in [0.25, 0.3) is 0 Å². The average Bonchev–Trinajstić information content (AvgIpc) is 2.50. The Hall–Kier alpha value is -1.14. The highest BCUT2D eigenvalue weighted by Gasteiger charge is 2.15. The van der Waals surface area contributed by atoms with Crippen LogP contribution in [0.2, 0.25) is 5.02 Å². The number of carbonyl (C=O) groups is 1. The van der Waals surface area contributed by atoms with Gasteiger partial charge in [0.1, 0.15) is 0 Å². The van der Waals surface area contributed by atoms with Gasteiger partial charge in [-0.15, -0.1) is 0 Å². The van der Waals surface area contributed by atoms with Gasteiger partial charge >= 0.3 is 0 Å². The molecule has 6 heteroatoms. The predicted molar refractivity (Wildman–Crippen MR) is 88.2 cm³/mol. The van der Waals surface area contributed by atoms with E-state index in [1.54, 1.807) is 14.2 Å². The van der Waals surface area contributed by atoms with Crippen LogP contribution < -0.4 is 5.32 Å². The maximum atomic E-state index is 12.2. The number of rotatable bonds is 10. The van der Waals surface area contributed by atoms with Crippen LogP contribution >= 0.6 is 11.6 Å². The summed E-state index contributed by atoms with van der Waals surface area (Å²) in [6, 6.07) is 7.39. The van der Waals surface area contributed by atoms with Gasteiger partial charge in [-0.05, 0) is 18.6 Å². The third-order valence-corrected chi connectivity index (χ3v) is 3.68. The van der Waals surface area contributed by atoms with Crippen molar-refractivity contribution >= 4 is 17.5 Å². The molecule has 0 radical (unpaired) electrons. The summed E-state index contributed by atoms with van der Waals surface area (Å²) in [5, 5.41) is 3.63. The van der Waals surface area contributed by atoms with Crippen LogP contribution in [0.4, 0.5) is 0 Å². The fourth-order valence-corrected chi connectivity index (χ4v) is 2.40. The third kappa shape index (κ3) is 6.75. The van der Waals surface area contributed by atoms with Crippen LogP contribution in [-0.4, -0.2) is 57.9 Å². The van der Waals surface area contributed by atoms with Crippen molar-refractivity contribution in [1.29, 1.82) is 0 Å². The Bertz CT molecular complexity index is 449. The van der Waals surface area contributed by atoms with Crippen LogP contribution in [0, 0.1) is 0 Å². The molecule has 0 aliphatic heterocycles. The molecule has 22 heavy (non-hydrogen) atoms. The summed E-state index contributed by atoms with van der Waals surface area (Å²) in [6.45, 7) is 4.77. The standard InChI is InChI=1S/C16H25ClN2O3/c1-13(14-6-4-5-7-15(14)17)18-16(20)12-19(8-10-21-2)9-11-22-3/h4-7,13H,8-12H2,1-3H3,(H,18,20). The number of ether oxygens (including phenoxy) is 2. The van der Waals surface area contributed by atoms with E-state index in [0.717, 1.165) is 5.56 Å². The molecule has 0 spiro atoms. The van der Waals surface area contributed by atoms with Crippen molar-refractivity contribution in [3.05, 3.63) is 34.9 Å². The average molecular weight is 329 g/mol. The molecule has 5 nitrogen and oxygen atoms in total. The van der Waals surface area contributed by atoms with E-state index in [4.69, 9.17) is 21.1 Å². The summed E-state index contributed by atoms with van der Waals surface area (Å²) in [5.41, 5.74) is 0.915. The number of benzene rings is 1. The molecule has 0 fully saturated rings. The van der Waals surface area contributed by atoms with Gasteiger partial charge in [-0.3, -0.25) is 9.69 Å². The molecule has 1 rings (SSSR count). The quantitative estimate of drug-likeness (QED) is 0.714. The van der Waals surface area contributed by atoms with Gasteiger partial charge in [0.05, 0.1) is 25.8 Å². The normalized spacial score (nSPS) is 12.4. The van der Waals surface area contributed by atoms with Gasteiger partial charge in [-0.25, -0.2) is 0 Å². The van der Waals surface area contributed by atoms with Gasteiger partial charge < -0.3 is 14.8 Å². The van der Waals surface area contributed by atoms with E-state index in [2.05, 4.69) is 5.32 Å². The van der Waals surface area contributed by atoms with E-state index in [9.17, 15) is 4.79 Å². The van der Waals surface area contributed by atoms with Crippen molar-refractivity contribution < 1.29 is 14.3 Å². The molecule has 0 aliphatic rings. The van der Waals surface area contributed by atoms with Crippen molar-refractivity contribution in [2.45, 2.75) is 13.0 Å². The molecular weight excluding hydrogens is 304 g/mol. The number of methoxy groups -OCH3 is 2. The molecule has 124 valence electrons. The zero-order chi connectivity index (χ0) is 16.4. The molecule has 0 heterocycles. The molecule has 1 amide bonds. The Kier molecular flexibility index (Phi) is 9.08. The van der Waals surface area contributed by atoms with Gasteiger partial charge in [0.15, 0.2) is 0 Å². The molecule has 0 aliphatic carbocycles. The maximum absolute atomic E-state index is 12.2. The lowest BCUT2D eigenvalue weighted by molar-refractivity contribution is -0.123. The molecule has 1 aromatic carbocycles.